The van der Waals surface area contributed by atoms with Crippen molar-refractivity contribution in [3.8, 4) is 0 Å². The molecule has 0 atom stereocenters. The van der Waals surface area contributed by atoms with E-state index < -0.39 is 11.7 Å². The fourth-order valence-corrected chi connectivity index (χ4v) is 2.59. The molecule has 2 aromatic rings. The maximum Gasteiger partial charge on any atom is 0.416 e. The van der Waals surface area contributed by atoms with Crippen molar-refractivity contribution >= 4 is 5.71 Å². The Morgan fingerprint density at radius 2 is 1.63 bits per heavy atom. The average molecular weight is 379 g/mol. The van der Waals surface area contributed by atoms with Gasteiger partial charge in [-0.05, 0) is 48.9 Å². The van der Waals surface area contributed by atoms with Crippen molar-refractivity contribution in [3.05, 3.63) is 71.3 Å². The van der Waals surface area contributed by atoms with Gasteiger partial charge in [0.2, 0.25) is 0 Å². The Bertz CT molecular complexity index is 698. The molecule has 0 heterocycles. The molecule has 0 aliphatic rings. The third-order valence-corrected chi connectivity index (χ3v) is 4.03. The quantitative estimate of drug-likeness (QED) is 0.311. The molecule has 0 spiro atoms. The number of nitrogens with zero attached hydrogens (tertiary/aromatic N) is 1. The molecule has 0 bridgehead atoms. The molecule has 2 aromatic carbocycles. The number of ether oxygens (including phenoxy) is 1. The summed E-state index contributed by atoms with van der Waals surface area (Å²) in [6, 6.07) is 15.1. The molecule has 0 fully saturated rings. The van der Waals surface area contributed by atoms with Crippen LogP contribution in [0.4, 0.5) is 13.2 Å². The maximum absolute atomic E-state index is 12.7. The molecule has 0 unspecified atom stereocenters. The van der Waals surface area contributed by atoms with E-state index in [1.54, 1.807) is 7.11 Å². The highest BCUT2D eigenvalue weighted by molar-refractivity contribution is 6.00. The van der Waals surface area contributed by atoms with Crippen LogP contribution in [0, 0.1) is 0 Å². The molecule has 0 aromatic heterocycles. The summed E-state index contributed by atoms with van der Waals surface area (Å²) >= 11 is 0. The first-order chi connectivity index (χ1) is 13.0. The number of oxime groups is 1. The number of halogens is 3. The average Bonchev–Trinajstić information content (AvgIpc) is 2.67. The third-order valence-electron chi connectivity index (χ3n) is 4.03. The molecule has 3 nitrogen and oxygen atoms in total. The maximum atomic E-state index is 12.7. The van der Waals surface area contributed by atoms with Crippen molar-refractivity contribution in [3.63, 3.8) is 0 Å². The van der Waals surface area contributed by atoms with Crippen molar-refractivity contribution in [2.24, 2.45) is 5.16 Å². The highest BCUT2D eigenvalue weighted by Gasteiger charge is 2.30. The minimum atomic E-state index is -4.35. The van der Waals surface area contributed by atoms with Crippen LogP contribution >= 0.6 is 0 Å². The Morgan fingerprint density at radius 1 is 0.926 bits per heavy atom. The van der Waals surface area contributed by atoms with Gasteiger partial charge in [0.25, 0.3) is 0 Å². The first kappa shape index (κ1) is 21.0. The van der Waals surface area contributed by atoms with E-state index in [2.05, 4.69) is 17.3 Å². The second kappa shape index (κ2) is 10.7. The van der Waals surface area contributed by atoms with Crippen LogP contribution in [0.3, 0.4) is 0 Å². The molecule has 0 aliphatic carbocycles. The third kappa shape index (κ3) is 7.43. The largest absolute Gasteiger partial charge is 0.416 e. The second-order valence-electron chi connectivity index (χ2n) is 6.13. The molecule has 0 saturated heterocycles. The van der Waals surface area contributed by atoms with Crippen molar-refractivity contribution in [1.29, 1.82) is 0 Å². The summed E-state index contributed by atoms with van der Waals surface area (Å²) in [6.07, 6.45) is -1.37. The fraction of sp³-hybridized carbons (Fsp3) is 0.381. The van der Waals surface area contributed by atoms with Gasteiger partial charge in [0, 0.05) is 13.7 Å². The van der Waals surface area contributed by atoms with E-state index >= 15 is 0 Å². The summed E-state index contributed by atoms with van der Waals surface area (Å²) < 4.78 is 43.2. The normalized spacial score (nSPS) is 12.2. The minimum Gasteiger partial charge on any atom is -0.396 e. The van der Waals surface area contributed by atoms with Gasteiger partial charge in [-0.1, -0.05) is 47.6 Å². The van der Waals surface area contributed by atoms with Crippen LogP contribution in [0.15, 0.2) is 59.8 Å². The van der Waals surface area contributed by atoms with Gasteiger partial charge in [0.05, 0.1) is 11.3 Å². The lowest BCUT2D eigenvalue weighted by Crippen LogP contribution is -2.08. The Balaban J connectivity index is 1.94. The van der Waals surface area contributed by atoms with Gasteiger partial charge in [0.1, 0.15) is 6.61 Å². The molecule has 2 rings (SSSR count). The van der Waals surface area contributed by atoms with E-state index in [9.17, 15) is 13.2 Å². The first-order valence-corrected chi connectivity index (χ1v) is 8.90. The van der Waals surface area contributed by atoms with Crippen LogP contribution in [0.25, 0.3) is 0 Å². The summed E-state index contributed by atoms with van der Waals surface area (Å²) in [4.78, 5) is 5.43. The molecule has 27 heavy (non-hydrogen) atoms. The number of benzene rings is 2. The predicted molar refractivity (Wildman–Crippen MR) is 99.8 cm³/mol. The number of aryl methyl sites for hydroxylation is 1. The standard InChI is InChI=1S/C21H24F3NO2/c1-26-15-6-10-20(18-11-13-19(14-12-18)21(22,23)24)25-27-16-5-9-17-7-3-2-4-8-17/h2-4,7-8,11-14H,5-6,9-10,15-16H2,1H3/b25-20+. The van der Waals surface area contributed by atoms with E-state index in [0.29, 0.717) is 37.3 Å². The van der Waals surface area contributed by atoms with Gasteiger partial charge >= 0.3 is 6.18 Å². The van der Waals surface area contributed by atoms with Crippen LogP contribution in [0.2, 0.25) is 0 Å². The summed E-state index contributed by atoms with van der Waals surface area (Å²) in [5, 5.41) is 4.17. The van der Waals surface area contributed by atoms with E-state index in [1.165, 1.54) is 17.7 Å². The topological polar surface area (TPSA) is 30.8 Å². The van der Waals surface area contributed by atoms with Gasteiger partial charge in [-0.3, -0.25) is 0 Å². The molecule has 146 valence electrons. The molecule has 0 aliphatic heterocycles. The summed E-state index contributed by atoms with van der Waals surface area (Å²) in [5.74, 6) is 0. The van der Waals surface area contributed by atoms with Crippen molar-refractivity contribution in [1.82, 2.24) is 0 Å². The summed E-state index contributed by atoms with van der Waals surface area (Å²) in [5.41, 5.74) is 1.81. The lowest BCUT2D eigenvalue weighted by Gasteiger charge is -2.10. The Kier molecular flexibility index (Phi) is 8.33. The first-order valence-electron chi connectivity index (χ1n) is 8.90. The van der Waals surface area contributed by atoms with Crippen molar-refractivity contribution < 1.29 is 22.7 Å². The number of hydrogen-bond acceptors (Lipinski definition) is 3. The Labute approximate surface area is 157 Å². The molecule has 0 radical (unpaired) electrons. The van der Waals surface area contributed by atoms with Crippen LogP contribution < -0.4 is 0 Å². The SMILES string of the molecule is COCCC/C(=N\OCCCc1ccccc1)c1ccc(C(F)(F)F)cc1. The van der Waals surface area contributed by atoms with E-state index in [-0.39, 0.29) is 0 Å². The highest BCUT2D eigenvalue weighted by atomic mass is 19.4. The number of rotatable bonds is 10. The minimum absolute atomic E-state index is 0.448. The monoisotopic (exact) mass is 379 g/mol. The Morgan fingerprint density at radius 3 is 2.26 bits per heavy atom. The highest BCUT2D eigenvalue weighted by Crippen LogP contribution is 2.29. The molecular formula is C21H24F3NO2. The zero-order valence-electron chi connectivity index (χ0n) is 15.3. The second-order valence-corrected chi connectivity index (χ2v) is 6.13. The van der Waals surface area contributed by atoms with Gasteiger partial charge in [0.15, 0.2) is 0 Å². The number of methoxy groups -OCH3 is 1. The fourth-order valence-electron chi connectivity index (χ4n) is 2.59. The molecule has 0 saturated carbocycles. The number of hydrogen-bond donors (Lipinski definition) is 0. The molecule has 0 amide bonds. The molecule has 0 N–H and O–H groups in total. The van der Waals surface area contributed by atoms with Crippen LogP contribution in [-0.4, -0.2) is 26.0 Å². The van der Waals surface area contributed by atoms with Crippen molar-refractivity contribution in [2.45, 2.75) is 31.9 Å². The lowest BCUT2D eigenvalue weighted by molar-refractivity contribution is -0.137. The summed E-state index contributed by atoms with van der Waals surface area (Å²) in [7, 11) is 1.61. The van der Waals surface area contributed by atoms with Crippen LogP contribution in [0.5, 0.6) is 0 Å². The van der Waals surface area contributed by atoms with E-state index in [1.807, 2.05) is 18.2 Å². The molecule has 6 heteroatoms. The van der Waals surface area contributed by atoms with E-state index in [0.717, 1.165) is 25.0 Å². The zero-order chi connectivity index (χ0) is 19.5. The van der Waals surface area contributed by atoms with Crippen LogP contribution in [-0.2, 0) is 22.2 Å². The Hall–Kier alpha value is -2.34. The van der Waals surface area contributed by atoms with Crippen LogP contribution in [0.1, 0.15) is 36.0 Å². The van der Waals surface area contributed by atoms with E-state index in [4.69, 9.17) is 9.57 Å². The van der Waals surface area contributed by atoms with Gasteiger partial charge in [-0.15, -0.1) is 0 Å². The van der Waals surface area contributed by atoms with Gasteiger partial charge in [-0.25, -0.2) is 0 Å². The molecular weight excluding hydrogens is 355 g/mol. The number of alkyl halides is 3. The lowest BCUT2D eigenvalue weighted by atomic mass is 10.0. The smallest absolute Gasteiger partial charge is 0.396 e. The van der Waals surface area contributed by atoms with Gasteiger partial charge in [-0.2, -0.15) is 13.2 Å². The summed E-state index contributed by atoms with van der Waals surface area (Å²) in [6.45, 7) is 0.997. The predicted octanol–water partition coefficient (Wildman–Crippen LogP) is 5.49. The van der Waals surface area contributed by atoms with Gasteiger partial charge < -0.3 is 9.57 Å². The van der Waals surface area contributed by atoms with Crippen molar-refractivity contribution in [2.75, 3.05) is 20.3 Å². The zero-order valence-corrected chi connectivity index (χ0v) is 15.3.